The van der Waals surface area contributed by atoms with E-state index in [1.54, 1.807) is 18.3 Å². The van der Waals surface area contributed by atoms with E-state index in [9.17, 15) is 5.11 Å². The Hall–Kier alpha value is 0.0682. The van der Waals surface area contributed by atoms with E-state index < -0.39 is 0 Å². The number of hydrogen-bond acceptors (Lipinski definition) is 3. The van der Waals surface area contributed by atoms with Crippen LogP contribution < -0.4 is 0 Å². The quantitative estimate of drug-likeness (QED) is 0.504. The second-order valence-corrected chi connectivity index (χ2v) is 4.16. The van der Waals surface area contributed by atoms with Gasteiger partial charge in [0.05, 0.1) is 8.59 Å². The summed E-state index contributed by atoms with van der Waals surface area (Å²) in [4.78, 5) is 4.06. The molecule has 0 aliphatic rings. The van der Waals surface area contributed by atoms with Gasteiger partial charge in [-0.2, -0.15) is 0 Å². The molecule has 3 nitrogen and oxygen atoms in total. The molecule has 0 saturated heterocycles. The Morgan fingerprint density at radius 1 is 1.47 bits per heavy atom. The Kier molecular flexibility index (Phi) is 5.22. The second-order valence-electron chi connectivity index (χ2n) is 2.59. The van der Waals surface area contributed by atoms with Crippen molar-refractivity contribution >= 4 is 68.1 Å². The number of hydrogen-bond donors (Lipinski definition) is 1. The molecule has 77 valence electrons. The van der Waals surface area contributed by atoms with E-state index >= 15 is 0 Å². The monoisotopic (exact) mass is 442 g/mol. The average molecular weight is 443 g/mol. The summed E-state index contributed by atoms with van der Waals surface area (Å²) in [7, 11) is 0. The second kappa shape index (κ2) is 5.97. The van der Waals surface area contributed by atoms with Crippen molar-refractivity contribution in [1.29, 1.82) is 0 Å². The van der Waals surface area contributed by atoms with Crippen molar-refractivity contribution in [2.24, 2.45) is 0 Å². The maximum atomic E-state index is 9.65. The van der Waals surface area contributed by atoms with Crippen LogP contribution in [-0.2, 0) is 3.02 Å². The van der Waals surface area contributed by atoms with Crippen molar-refractivity contribution in [3.63, 3.8) is 0 Å². The molecule has 1 radical (unpaired) electrons. The SMILES string of the molecule is Oc1c(I)cc(Cl)c2cccnc12.[O]=[Sb]. The van der Waals surface area contributed by atoms with Gasteiger partial charge in [-0.15, -0.1) is 0 Å². The number of aromatic nitrogens is 1. The summed E-state index contributed by atoms with van der Waals surface area (Å²) in [6.45, 7) is 0. The molecule has 0 unspecified atom stereocenters. The third-order valence-electron chi connectivity index (χ3n) is 1.77. The molecule has 15 heavy (non-hydrogen) atoms. The van der Waals surface area contributed by atoms with Crippen LogP contribution in [0.5, 0.6) is 5.75 Å². The zero-order valence-electron chi connectivity index (χ0n) is 7.32. The van der Waals surface area contributed by atoms with Crippen LogP contribution in [0.4, 0.5) is 0 Å². The fourth-order valence-corrected chi connectivity index (χ4v) is 2.17. The minimum absolute atomic E-state index is 0.195. The molecule has 0 aliphatic heterocycles. The summed E-state index contributed by atoms with van der Waals surface area (Å²) in [5.41, 5.74) is 0.555. The first kappa shape index (κ1) is 13.1. The van der Waals surface area contributed by atoms with Gasteiger partial charge in [-0.25, -0.2) is 0 Å². The summed E-state index contributed by atoms with van der Waals surface area (Å²) in [5, 5.41) is 11.0. The maximum absolute atomic E-state index is 9.65. The van der Waals surface area contributed by atoms with Gasteiger partial charge in [0.25, 0.3) is 0 Å². The molecule has 2 rings (SSSR count). The standard InChI is InChI=1S/C9H5ClINO.O.Sb/c10-6-4-7(11)9(13)8-5(6)2-1-3-12-8;;/h1-4,13H;;. The molecule has 0 bridgehead atoms. The Balaban J connectivity index is 0.000000531. The van der Waals surface area contributed by atoms with E-state index in [0.717, 1.165) is 5.39 Å². The van der Waals surface area contributed by atoms with Gasteiger partial charge in [0, 0.05) is 11.6 Å². The van der Waals surface area contributed by atoms with Crippen LogP contribution in [0.15, 0.2) is 24.4 Å². The van der Waals surface area contributed by atoms with Crippen LogP contribution in [0, 0.1) is 3.57 Å². The van der Waals surface area contributed by atoms with E-state index in [2.05, 4.69) is 4.98 Å². The molecule has 1 aromatic heterocycles. The molecule has 1 N–H and O–H groups in total. The van der Waals surface area contributed by atoms with Gasteiger partial charge < -0.3 is 5.11 Å². The van der Waals surface area contributed by atoms with Crippen molar-refractivity contribution < 1.29 is 8.12 Å². The molecule has 0 spiro atoms. The molecule has 1 aromatic carbocycles. The van der Waals surface area contributed by atoms with Crippen LogP contribution in [-0.4, -0.2) is 33.1 Å². The molecule has 0 saturated carbocycles. The van der Waals surface area contributed by atoms with Gasteiger partial charge in [0.1, 0.15) is 5.52 Å². The number of halogens is 2. The van der Waals surface area contributed by atoms with Gasteiger partial charge in [0.15, 0.2) is 5.75 Å². The molecule has 1 heterocycles. The predicted molar refractivity (Wildman–Crippen MR) is 67.6 cm³/mol. The number of nitrogens with zero attached hydrogens (tertiary/aromatic N) is 1. The van der Waals surface area contributed by atoms with Crippen LogP contribution in [0.25, 0.3) is 10.9 Å². The number of phenols is 1. The topological polar surface area (TPSA) is 50.2 Å². The normalized spacial score (nSPS) is 9.47. The fraction of sp³-hybridized carbons (Fsp3) is 0. The van der Waals surface area contributed by atoms with Crippen LogP contribution >= 0.6 is 34.2 Å². The summed E-state index contributed by atoms with van der Waals surface area (Å²) in [6.07, 6.45) is 1.63. The van der Waals surface area contributed by atoms with E-state index in [1.165, 1.54) is 0 Å². The Bertz CT molecular complexity index is 495. The zero-order valence-corrected chi connectivity index (χ0v) is 12.8. The van der Waals surface area contributed by atoms with Crippen molar-refractivity contribution in [3.05, 3.63) is 33.0 Å². The van der Waals surface area contributed by atoms with E-state index in [1.807, 2.05) is 28.7 Å². The molecule has 0 aliphatic carbocycles. The number of fused-ring (bicyclic) bond motifs is 1. The molecular weight excluding hydrogens is 438 g/mol. The number of pyridine rings is 1. The first-order valence-corrected chi connectivity index (χ1v) is 6.30. The van der Waals surface area contributed by atoms with Crippen molar-refractivity contribution in [2.75, 3.05) is 0 Å². The van der Waals surface area contributed by atoms with Gasteiger partial charge in [-0.3, -0.25) is 4.98 Å². The summed E-state index contributed by atoms with van der Waals surface area (Å²) < 4.78 is 9.02. The van der Waals surface area contributed by atoms with Crippen LogP contribution in [0.1, 0.15) is 0 Å². The minimum atomic E-state index is 0.195. The van der Waals surface area contributed by atoms with Gasteiger partial charge in [-0.05, 0) is 40.8 Å². The number of benzene rings is 1. The molecule has 6 heteroatoms. The molecule has 2 aromatic rings. The number of phenolic OH excluding ortho intramolecular Hbond substituents is 1. The Morgan fingerprint density at radius 2 is 2.13 bits per heavy atom. The fourth-order valence-electron chi connectivity index (χ4n) is 1.16. The van der Waals surface area contributed by atoms with E-state index in [0.29, 0.717) is 37.1 Å². The molecular formula is C9H5ClINO2Sb. The molecule has 0 atom stereocenters. The summed E-state index contributed by atoms with van der Waals surface area (Å²) in [5.74, 6) is 0.195. The van der Waals surface area contributed by atoms with Crippen molar-refractivity contribution in [2.45, 2.75) is 0 Å². The van der Waals surface area contributed by atoms with Crippen molar-refractivity contribution in [3.8, 4) is 5.75 Å². The van der Waals surface area contributed by atoms with Crippen LogP contribution in [0.3, 0.4) is 0 Å². The van der Waals surface area contributed by atoms with Gasteiger partial charge >= 0.3 is 26.0 Å². The third kappa shape index (κ3) is 2.80. The summed E-state index contributed by atoms with van der Waals surface area (Å²) >= 11 is 8.50. The molecule has 0 amide bonds. The number of rotatable bonds is 0. The molecule has 0 fully saturated rings. The first-order valence-electron chi connectivity index (χ1n) is 3.80. The van der Waals surface area contributed by atoms with E-state index in [4.69, 9.17) is 14.6 Å². The first-order chi connectivity index (χ1) is 7.20. The Morgan fingerprint density at radius 3 is 2.80 bits per heavy atom. The third-order valence-corrected chi connectivity index (χ3v) is 2.90. The van der Waals surface area contributed by atoms with Gasteiger partial charge in [0.2, 0.25) is 0 Å². The van der Waals surface area contributed by atoms with Gasteiger partial charge in [-0.1, -0.05) is 11.6 Å². The predicted octanol–water partition coefficient (Wildman–Crippen LogP) is 2.70. The number of aromatic hydroxyl groups is 1. The van der Waals surface area contributed by atoms with Crippen molar-refractivity contribution in [1.82, 2.24) is 4.98 Å². The van der Waals surface area contributed by atoms with E-state index in [-0.39, 0.29) is 5.75 Å². The summed E-state index contributed by atoms with van der Waals surface area (Å²) in [6, 6.07) is 5.35. The Labute approximate surface area is 119 Å². The average Bonchev–Trinajstić information content (AvgIpc) is 2.29. The zero-order chi connectivity index (χ0) is 11.4. The van der Waals surface area contributed by atoms with Crippen LogP contribution in [0.2, 0.25) is 5.02 Å².